The zero-order valence-corrected chi connectivity index (χ0v) is 15.4. The SMILES string of the molecule is CC(=O)c1ccc(OCC(C)COS(=O)(=O)c2ccc(C)cc2)cc1. The molecule has 1 atom stereocenters. The molecule has 134 valence electrons. The summed E-state index contributed by atoms with van der Waals surface area (Å²) >= 11 is 0. The van der Waals surface area contributed by atoms with E-state index in [1.807, 2.05) is 13.8 Å². The number of hydrogen-bond acceptors (Lipinski definition) is 5. The van der Waals surface area contributed by atoms with Crippen molar-refractivity contribution in [2.75, 3.05) is 13.2 Å². The van der Waals surface area contributed by atoms with Crippen molar-refractivity contribution in [1.29, 1.82) is 0 Å². The summed E-state index contributed by atoms with van der Waals surface area (Å²) in [7, 11) is -3.76. The third-order valence-corrected chi connectivity index (χ3v) is 4.91. The third kappa shape index (κ3) is 5.69. The predicted octanol–water partition coefficient (Wildman–Crippen LogP) is 3.62. The summed E-state index contributed by atoms with van der Waals surface area (Å²) in [6.07, 6.45) is 0. The van der Waals surface area contributed by atoms with E-state index in [9.17, 15) is 13.2 Å². The molecule has 0 amide bonds. The van der Waals surface area contributed by atoms with E-state index in [0.717, 1.165) is 5.56 Å². The van der Waals surface area contributed by atoms with E-state index in [-0.39, 0.29) is 23.2 Å². The van der Waals surface area contributed by atoms with Crippen LogP contribution in [0.3, 0.4) is 0 Å². The van der Waals surface area contributed by atoms with Crippen LogP contribution >= 0.6 is 0 Å². The fraction of sp³-hybridized carbons (Fsp3) is 0.316. The van der Waals surface area contributed by atoms with Gasteiger partial charge in [-0.25, -0.2) is 0 Å². The van der Waals surface area contributed by atoms with Crippen LogP contribution in [-0.2, 0) is 14.3 Å². The fourth-order valence-corrected chi connectivity index (χ4v) is 3.07. The Balaban J connectivity index is 1.84. The maximum Gasteiger partial charge on any atom is 0.296 e. The summed E-state index contributed by atoms with van der Waals surface area (Å²) in [5.74, 6) is 0.501. The molecule has 0 aliphatic carbocycles. The van der Waals surface area contributed by atoms with E-state index in [2.05, 4.69) is 0 Å². The number of ketones is 1. The molecule has 0 aliphatic heterocycles. The summed E-state index contributed by atoms with van der Waals surface area (Å²) in [5.41, 5.74) is 1.60. The van der Waals surface area contributed by atoms with E-state index in [1.165, 1.54) is 19.1 Å². The highest BCUT2D eigenvalue weighted by molar-refractivity contribution is 7.86. The molecular formula is C19H22O5S. The first-order chi connectivity index (χ1) is 11.8. The Bertz CT molecular complexity index is 808. The molecule has 1 unspecified atom stereocenters. The molecule has 0 saturated carbocycles. The van der Waals surface area contributed by atoms with Crippen molar-refractivity contribution in [1.82, 2.24) is 0 Å². The lowest BCUT2D eigenvalue weighted by atomic mass is 10.1. The molecule has 2 rings (SSSR count). The van der Waals surface area contributed by atoms with Gasteiger partial charge in [-0.05, 0) is 50.2 Å². The standard InChI is InChI=1S/C19H22O5S/c1-14-4-10-19(11-5-14)25(21,22)24-13-15(2)12-23-18-8-6-17(7-9-18)16(3)20/h4-11,15H,12-13H2,1-3H3. The highest BCUT2D eigenvalue weighted by atomic mass is 32.2. The molecule has 0 radical (unpaired) electrons. The van der Waals surface area contributed by atoms with Crippen LogP contribution in [0.5, 0.6) is 5.75 Å². The molecule has 2 aromatic carbocycles. The molecule has 0 fully saturated rings. The molecule has 25 heavy (non-hydrogen) atoms. The third-order valence-electron chi connectivity index (χ3n) is 3.61. The van der Waals surface area contributed by atoms with E-state index in [4.69, 9.17) is 8.92 Å². The van der Waals surface area contributed by atoms with Crippen molar-refractivity contribution in [2.45, 2.75) is 25.7 Å². The number of rotatable bonds is 8. The molecule has 0 bridgehead atoms. The topological polar surface area (TPSA) is 69.7 Å². The smallest absolute Gasteiger partial charge is 0.296 e. The minimum atomic E-state index is -3.76. The summed E-state index contributed by atoms with van der Waals surface area (Å²) in [4.78, 5) is 11.4. The molecular weight excluding hydrogens is 340 g/mol. The van der Waals surface area contributed by atoms with Crippen LogP contribution in [0.25, 0.3) is 0 Å². The van der Waals surface area contributed by atoms with Gasteiger partial charge in [0.05, 0.1) is 18.1 Å². The number of aryl methyl sites for hydroxylation is 1. The highest BCUT2D eigenvalue weighted by Crippen LogP contribution is 2.16. The van der Waals surface area contributed by atoms with Crippen molar-refractivity contribution < 1.29 is 22.1 Å². The van der Waals surface area contributed by atoms with Crippen LogP contribution in [0.4, 0.5) is 0 Å². The average molecular weight is 362 g/mol. The highest BCUT2D eigenvalue weighted by Gasteiger charge is 2.17. The van der Waals surface area contributed by atoms with Gasteiger partial charge in [0.2, 0.25) is 0 Å². The number of carbonyl (C=O) groups excluding carboxylic acids is 1. The van der Waals surface area contributed by atoms with Gasteiger partial charge in [0.15, 0.2) is 5.78 Å². The van der Waals surface area contributed by atoms with Gasteiger partial charge in [-0.1, -0.05) is 24.6 Å². The maximum atomic E-state index is 12.1. The Hall–Kier alpha value is -2.18. The van der Waals surface area contributed by atoms with Crippen LogP contribution in [0.1, 0.15) is 29.8 Å². The summed E-state index contributed by atoms with van der Waals surface area (Å²) in [5, 5.41) is 0. The molecule has 0 aromatic heterocycles. The van der Waals surface area contributed by atoms with Gasteiger partial charge >= 0.3 is 0 Å². The first-order valence-corrected chi connectivity index (χ1v) is 9.38. The van der Waals surface area contributed by atoms with Crippen LogP contribution in [0.15, 0.2) is 53.4 Å². The molecule has 0 saturated heterocycles. The average Bonchev–Trinajstić information content (AvgIpc) is 2.59. The largest absolute Gasteiger partial charge is 0.493 e. The fourth-order valence-electron chi connectivity index (χ4n) is 2.05. The molecule has 0 heterocycles. The zero-order valence-electron chi connectivity index (χ0n) is 14.6. The van der Waals surface area contributed by atoms with Crippen molar-refractivity contribution >= 4 is 15.9 Å². The number of carbonyl (C=O) groups is 1. The molecule has 5 nitrogen and oxygen atoms in total. The Morgan fingerprint density at radius 3 is 2.16 bits per heavy atom. The zero-order chi connectivity index (χ0) is 18.4. The second-order valence-electron chi connectivity index (χ2n) is 6.05. The number of hydrogen-bond donors (Lipinski definition) is 0. The first kappa shape index (κ1) is 19.1. The number of Topliss-reactive ketones (excluding diaryl/α,β-unsaturated/α-hetero) is 1. The molecule has 6 heteroatoms. The lowest BCUT2D eigenvalue weighted by Crippen LogP contribution is -2.18. The lowest BCUT2D eigenvalue weighted by molar-refractivity contribution is 0.101. The van der Waals surface area contributed by atoms with Gasteiger partial charge in [-0.3, -0.25) is 8.98 Å². The van der Waals surface area contributed by atoms with Crippen LogP contribution in [0.2, 0.25) is 0 Å². The van der Waals surface area contributed by atoms with Crippen molar-refractivity contribution in [3.05, 3.63) is 59.7 Å². The van der Waals surface area contributed by atoms with Crippen molar-refractivity contribution in [3.63, 3.8) is 0 Å². The molecule has 0 N–H and O–H groups in total. The second kappa shape index (κ2) is 8.27. The normalized spacial score (nSPS) is 12.6. The minimum Gasteiger partial charge on any atom is -0.493 e. The van der Waals surface area contributed by atoms with Gasteiger partial charge in [-0.2, -0.15) is 8.42 Å². The first-order valence-electron chi connectivity index (χ1n) is 7.98. The number of benzene rings is 2. The van der Waals surface area contributed by atoms with E-state index in [1.54, 1.807) is 36.4 Å². The molecule has 0 spiro atoms. The Morgan fingerprint density at radius 2 is 1.60 bits per heavy atom. The molecule has 2 aromatic rings. The van der Waals surface area contributed by atoms with E-state index >= 15 is 0 Å². The van der Waals surface area contributed by atoms with Crippen molar-refractivity contribution in [3.8, 4) is 5.75 Å². The van der Waals surface area contributed by atoms with Gasteiger partial charge in [0.1, 0.15) is 5.75 Å². The monoisotopic (exact) mass is 362 g/mol. The number of ether oxygens (including phenoxy) is 1. The Labute approximate surface area is 148 Å². The van der Waals surface area contributed by atoms with Gasteiger partial charge in [-0.15, -0.1) is 0 Å². The summed E-state index contributed by atoms with van der Waals surface area (Å²) < 4.78 is 35.0. The van der Waals surface area contributed by atoms with Gasteiger partial charge in [0.25, 0.3) is 10.1 Å². The van der Waals surface area contributed by atoms with E-state index < -0.39 is 10.1 Å². The van der Waals surface area contributed by atoms with Crippen molar-refractivity contribution in [2.24, 2.45) is 5.92 Å². The summed E-state index contributed by atoms with van der Waals surface area (Å²) in [6.45, 7) is 5.57. The summed E-state index contributed by atoms with van der Waals surface area (Å²) in [6, 6.07) is 13.3. The lowest BCUT2D eigenvalue weighted by Gasteiger charge is -2.14. The van der Waals surface area contributed by atoms with Gasteiger partial charge < -0.3 is 4.74 Å². The maximum absolute atomic E-state index is 12.1. The van der Waals surface area contributed by atoms with Crippen LogP contribution < -0.4 is 4.74 Å². The van der Waals surface area contributed by atoms with Crippen LogP contribution in [-0.4, -0.2) is 27.4 Å². The Kier molecular flexibility index (Phi) is 6.33. The molecule has 0 aliphatic rings. The van der Waals surface area contributed by atoms with E-state index in [0.29, 0.717) is 17.9 Å². The minimum absolute atomic E-state index is 0.00497. The van der Waals surface area contributed by atoms with Gasteiger partial charge in [0, 0.05) is 11.5 Å². The quantitative estimate of drug-likeness (QED) is 0.530. The Morgan fingerprint density at radius 1 is 1.00 bits per heavy atom. The second-order valence-corrected chi connectivity index (χ2v) is 7.66. The predicted molar refractivity (Wildman–Crippen MR) is 95.4 cm³/mol. The van der Waals surface area contributed by atoms with Crippen LogP contribution in [0, 0.1) is 12.8 Å².